The number of benzene rings is 1. The van der Waals surface area contributed by atoms with Crippen LogP contribution in [-0.4, -0.2) is 22.9 Å². The third kappa shape index (κ3) is 4.00. The molecule has 0 aliphatic carbocycles. The van der Waals surface area contributed by atoms with Crippen LogP contribution in [0, 0.1) is 0 Å². The van der Waals surface area contributed by atoms with E-state index in [1.807, 2.05) is 30.3 Å². The first-order valence-electron chi connectivity index (χ1n) is 5.56. The van der Waals surface area contributed by atoms with Crippen LogP contribution in [0.25, 0.3) is 0 Å². The predicted octanol–water partition coefficient (Wildman–Crippen LogP) is 1.55. The van der Waals surface area contributed by atoms with Crippen LogP contribution in [0.5, 0.6) is 0 Å². The Morgan fingerprint density at radius 2 is 1.82 bits per heavy atom. The van der Waals surface area contributed by atoms with Gasteiger partial charge in [0.15, 0.2) is 0 Å². The fourth-order valence-corrected chi connectivity index (χ4v) is 1.76. The summed E-state index contributed by atoms with van der Waals surface area (Å²) < 4.78 is 0. The van der Waals surface area contributed by atoms with E-state index in [9.17, 15) is 9.59 Å². The molecule has 1 rings (SSSR count). The molecule has 0 spiro atoms. The Balaban J connectivity index is 2.69. The smallest absolute Gasteiger partial charge is 0.320 e. The Hall–Kier alpha value is -1.68. The van der Waals surface area contributed by atoms with Crippen molar-refractivity contribution in [3.8, 4) is 0 Å². The van der Waals surface area contributed by atoms with Crippen molar-refractivity contribution in [1.29, 1.82) is 0 Å². The molecular formula is C13H17NO3. The molecular weight excluding hydrogens is 218 g/mol. The number of hydrogen-bond donors (Lipinski definition) is 2. The van der Waals surface area contributed by atoms with Crippen LogP contribution in [0.2, 0.25) is 0 Å². The summed E-state index contributed by atoms with van der Waals surface area (Å²) in [5.41, 5.74) is 6.35. The van der Waals surface area contributed by atoms with Gasteiger partial charge in [0.05, 0.1) is 0 Å². The summed E-state index contributed by atoms with van der Waals surface area (Å²) in [6, 6.07) is 8.45. The van der Waals surface area contributed by atoms with Gasteiger partial charge in [0.25, 0.3) is 0 Å². The molecule has 1 aromatic rings. The zero-order valence-electron chi connectivity index (χ0n) is 9.80. The zero-order chi connectivity index (χ0) is 12.8. The maximum atomic E-state index is 11.5. The average molecular weight is 235 g/mol. The number of aliphatic carboxylic acids is 1. The summed E-state index contributed by atoms with van der Waals surface area (Å²) in [5, 5.41) is 8.69. The van der Waals surface area contributed by atoms with Gasteiger partial charge in [-0.15, -0.1) is 0 Å². The summed E-state index contributed by atoms with van der Waals surface area (Å²) in [6.45, 7) is 1.52. The Bertz CT molecular complexity index is 389. The molecule has 2 atom stereocenters. The zero-order valence-corrected chi connectivity index (χ0v) is 9.80. The highest BCUT2D eigenvalue weighted by molar-refractivity contribution is 5.83. The monoisotopic (exact) mass is 235 g/mol. The first-order valence-corrected chi connectivity index (χ1v) is 5.56. The van der Waals surface area contributed by atoms with Crippen molar-refractivity contribution in [2.24, 2.45) is 5.73 Å². The Morgan fingerprint density at radius 1 is 1.24 bits per heavy atom. The summed E-state index contributed by atoms with van der Waals surface area (Å²) in [6.07, 6.45) is 0.765. The molecule has 0 bridgehead atoms. The van der Waals surface area contributed by atoms with E-state index in [1.54, 1.807) is 0 Å². The van der Waals surface area contributed by atoms with Crippen molar-refractivity contribution in [3.63, 3.8) is 0 Å². The second kappa shape index (κ2) is 6.15. The van der Waals surface area contributed by atoms with Gasteiger partial charge in [0.1, 0.15) is 11.8 Å². The number of nitrogens with two attached hydrogens (primary N) is 1. The topological polar surface area (TPSA) is 80.4 Å². The largest absolute Gasteiger partial charge is 0.480 e. The molecule has 0 amide bonds. The van der Waals surface area contributed by atoms with Crippen LogP contribution in [-0.2, 0) is 9.59 Å². The lowest BCUT2D eigenvalue weighted by molar-refractivity contribution is -0.138. The van der Waals surface area contributed by atoms with Gasteiger partial charge in [-0.05, 0) is 25.3 Å². The highest BCUT2D eigenvalue weighted by Gasteiger charge is 2.19. The second-order valence-electron chi connectivity index (χ2n) is 4.10. The van der Waals surface area contributed by atoms with Crippen molar-refractivity contribution >= 4 is 11.8 Å². The third-order valence-corrected chi connectivity index (χ3v) is 2.78. The minimum atomic E-state index is -1.03. The maximum absolute atomic E-state index is 11.5. The van der Waals surface area contributed by atoms with Gasteiger partial charge in [0.2, 0.25) is 0 Å². The summed E-state index contributed by atoms with van der Waals surface area (Å²) in [7, 11) is 0. The van der Waals surface area contributed by atoms with E-state index >= 15 is 0 Å². The van der Waals surface area contributed by atoms with Gasteiger partial charge in [0, 0.05) is 5.92 Å². The molecule has 0 aromatic heterocycles. The number of carbonyl (C=O) groups is 2. The molecule has 4 nitrogen and oxygen atoms in total. The molecule has 2 unspecified atom stereocenters. The van der Waals surface area contributed by atoms with E-state index in [1.165, 1.54) is 6.92 Å². The van der Waals surface area contributed by atoms with Crippen molar-refractivity contribution < 1.29 is 14.7 Å². The van der Waals surface area contributed by atoms with Crippen molar-refractivity contribution in [3.05, 3.63) is 35.9 Å². The Labute approximate surface area is 100 Å². The van der Waals surface area contributed by atoms with Crippen LogP contribution in [0.4, 0.5) is 0 Å². The fraction of sp³-hybridized carbons (Fsp3) is 0.385. The molecule has 0 saturated heterocycles. The van der Waals surface area contributed by atoms with E-state index in [2.05, 4.69) is 0 Å². The van der Waals surface area contributed by atoms with Gasteiger partial charge in [-0.2, -0.15) is 0 Å². The molecule has 1 aromatic carbocycles. The lowest BCUT2D eigenvalue weighted by Crippen LogP contribution is -2.30. The van der Waals surface area contributed by atoms with Crippen LogP contribution < -0.4 is 5.73 Å². The molecule has 0 saturated carbocycles. The molecule has 0 aliphatic rings. The highest BCUT2D eigenvalue weighted by atomic mass is 16.4. The molecule has 0 aliphatic heterocycles. The van der Waals surface area contributed by atoms with Gasteiger partial charge in [-0.1, -0.05) is 30.3 Å². The molecule has 3 N–H and O–H groups in total. The van der Waals surface area contributed by atoms with Crippen LogP contribution in [0.3, 0.4) is 0 Å². The standard InChI is InChI=1S/C13H17NO3/c1-9(15)11(7-8-12(14)13(16)17)10-5-3-2-4-6-10/h2-6,11-12H,7-8,14H2,1H3,(H,16,17). The van der Waals surface area contributed by atoms with Gasteiger partial charge < -0.3 is 10.8 Å². The van der Waals surface area contributed by atoms with Crippen molar-refractivity contribution in [2.45, 2.75) is 31.7 Å². The van der Waals surface area contributed by atoms with Crippen LogP contribution in [0.1, 0.15) is 31.2 Å². The van der Waals surface area contributed by atoms with E-state index in [0.29, 0.717) is 12.8 Å². The van der Waals surface area contributed by atoms with Crippen molar-refractivity contribution in [2.75, 3.05) is 0 Å². The first kappa shape index (κ1) is 13.4. The van der Waals surface area contributed by atoms with E-state index in [-0.39, 0.29) is 11.7 Å². The SMILES string of the molecule is CC(=O)C(CCC(N)C(=O)O)c1ccccc1. The first-order chi connectivity index (χ1) is 8.02. The molecule has 0 radical (unpaired) electrons. The van der Waals surface area contributed by atoms with Crippen LogP contribution in [0.15, 0.2) is 30.3 Å². The van der Waals surface area contributed by atoms with E-state index < -0.39 is 12.0 Å². The van der Waals surface area contributed by atoms with Gasteiger partial charge in [-0.25, -0.2) is 0 Å². The number of hydrogen-bond acceptors (Lipinski definition) is 3. The molecule has 92 valence electrons. The number of ketones is 1. The molecule has 0 heterocycles. The lowest BCUT2D eigenvalue weighted by atomic mass is 9.89. The molecule has 17 heavy (non-hydrogen) atoms. The number of carboxylic acid groups (broad SMARTS) is 1. The Morgan fingerprint density at radius 3 is 2.29 bits per heavy atom. The molecule has 4 heteroatoms. The predicted molar refractivity (Wildman–Crippen MR) is 64.7 cm³/mol. The Kier molecular flexibility index (Phi) is 4.84. The number of carboxylic acids is 1. The number of Topliss-reactive ketones (excluding diaryl/α,β-unsaturated/α-hetero) is 1. The molecule has 0 fully saturated rings. The minimum absolute atomic E-state index is 0.0359. The van der Waals surface area contributed by atoms with E-state index in [4.69, 9.17) is 10.8 Å². The maximum Gasteiger partial charge on any atom is 0.320 e. The van der Waals surface area contributed by atoms with Gasteiger partial charge >= 0.3 is 5.97 Å². The minimum Gasteiger partial charge on any atom is -0.480 e. The number of rotatable bonds is 6. The quantitative estimate of drug-likeness (QED) is 0.784. The summed E-state index contributed by atoms with van der Waals surface area (Å²) in [4.78, 5) is 22.1. The van der Waals surface area contributed by atoms with Gasteiger partial charge in [-0.3, -0.25) is 9.59 Å². The summed E-state index contributed by atoms with van der Waals surface area (Å²) in [5.74, 6) is -1.25. The van der Waals surface area contributed by atoms with Crippen molar-refractivity contribution in [1.82, 2.24) is 0 Å². The number of carbonyl (C=O) groups excluding carboxylic acids is 1. The highest BCUT2D eigenvalue weighted by Crippen LogP contribution is 2.22. The normalized spacial score (nSPS) is 14.0. The summed E-state index contributed by atoms with van der Waals surface area (Å²) >= 11 is 0. The fourth-order valence-electron chi connectivity index (χ4n) is 1.76. The van der Waals surface area contributed by atoms with Crippen LogP contribution >= 0.6 is 0 Å². The van der Waals surface area contributed by atoms with E-state index in [0.717, 1.165) is 5.56 Å². The average Bonchev–Trinajstić information content (AvgIpc) is 2.29. The lowest BCUT2D eigenvalue weighted by Gasteiger charge is -2.15. The second-order valence-corrected chi connectivity index (χ2v) is 4.10. The third-order valence-electron chi connectivity index (χ3n) is 2.78.